The Morgan fingerprint density at radius 3 is 2.38 bits per heavy atom. The van der Waals surface area contributed by atoms with E-state index in [0.717, 1.165) is 6.34 Å². The fourth-order valence-corrected chi connectivity index (χ4v) is 0.708. The molecule has 0 aromatic carbocycles. The molecule has 0 saturated carbocycles. The smallest absolute Gasteiger partial charge is 0.126 e. The van der Waals surface area contributed by atoms with Crippen LogP contribution < -0.4 is 10.6 Å². The first kappa shape index (κ1) is 12.1. The molecule has 13 heavy (non-hydrogen) atoms. The molecular weight excluding hydrogens is 168 g/mol. The molecule has 0 aliphatic rings. The third-order valence-corrected chi connectivity index (χ3v) is 1.58. The first-order valence-electron chi connectivity index (χ1n) is 4.07. The molecule has 0 saturated heterocycles. The predicted molar refractivity (Wildman–Crippen MR) is 53.6 cm³/mol. The van der Waals surface area contributed by atoms with Crippen molar-refractivity contribution in [2.24, 2.45) is 0 Å². The van der Waals surface area contributed by atoms with Crippen LogP contribution in [0.5, 0.6) is 0 Å². The second-order valence-corrected chi connectivity index (χ2v) is 2.84. The predicted octanol–water partition coefficient (Wildman–Crippen LogP) is -0.835. The molecule has 5 nitrogen and oxygen atoms in total. The number of aliphatic hydroxyl groups is 1. The summed E-state index contributed by atoms with van der Waals surface area (Å²) in [6.45, 7) is 0. The van der Waals surface area contributed by atoms with Crippen molar-refractivity contribution < 1.29 is 5.11 Å². The molecule has 0 aliphatic carbocycles. The van der Waals surface area contributed by atoms with E-state index in [9.17, 15) is 5.11 Å². The highest BCUT2D eigenvalue weighted by atomic mass is 16.3. The summed E-state index contributed by atoms with van der Waals surface area (Å²) in [5.41, 5.74) is 0. The minimum absolute atomic E-state index is 0.118. The van der Waals surface area contributed by atoms with Gasteiger partial charge in [-0.3, -0.25) is 15.6 Å². The van der Waals surface area contributed by atoms with Crippen molar-refractivity contribution >= 4 is 6.34 Å². The SMILES string of the molecule is CNC(/C=C/C(O)N(C)C)NC=N. The Kier molecular flexibility index (Phi) is 6.13. The summed E-state index contributed by atoms with van der Waals surface area (Å²) in [4.78, 5) is 1.67. The summed E-state index contributed by atoms with van der Waals surface area (Å²) in [6, 6.07) is 0. The summed E-state index contributed by atoms with van der Waals surface area (Å²) in [5, 5.41) is 21.8. The maximum atomic E-state index is 9.37. The van der Waals surface area contributed by atoms with Gasteiger partial charge < -0.3 is 10.4 Å². The standard InChI is InChI=1S/C8H18N4O/c1-10-7(11-6-9)4-5-8(13)12(2)3/h4-8,10,13H,1-3H3,(H2,9,11)/b5-4+. The van der Waals surface area contributed by atoms with Gasteiger partial charge in [0.15, 0.2) is 0 Å². The number of hydrogen-bond acceptors (Lipinski definition) is 4. The van der Waals surface area contributed by atoms with E-state index in [1.807, 2.05) is 0 Å². The van der Waals surface area contributed by atoms with Crippen LogP contribution in [0.25, 0.3) is 0 Å². The average molecular weight is 186 g/mol. The summed E-state index contributed by atoms with van der Waals surface area (Å²) < 4.78 is 0. The molecule has 0 aliphatic heterocycles. The summed E-state index contributed by atoms with van der Waals surface area (Å²) >= 11 is 0. The van der Waals surface area contributed by atoms with Crippen molar-refractivity contribution in [2.45, 2.75) is 12.4 Å². The van der Waals surface area contributed by atoms with Crippen LogP contribution in [-0.4, -0.2) is 49.9 Å². The first-order chi connectivity index (χ1) is 6.11. The van der Waals surface area contributed by atoms with Crippen molar-refractivity contribution in [2.75, 3.05) is 21.1 Å². The maximum absolute atomic E-state index is 9.37. The van der Waals surface area contributed by atoms with Gasteiger partial charge in [-0.25, -0.2) is 0 Å². The topological polar surface area (TPSA) is 71.4 Å². The Morgan fingerprint density at radius 2 is 2.00 bits per heavy atom. The zero-order valence-electron chi connectivity index (χ0n) is 8.28. The molecule has 0 amide bonds. The summed E-state index contributed by atoms with van der Waals surface area (Å²) in [6.07, 6.45) is 3.80. The van der Waals surface area contributed by atoms with E-state index in [2.05, 4.69) is 10.6 Å². The third-order valence-electron chi connectivity index (χ3n) is 1.58. The second kappa shape index (κ2) is 6.59. The largest absolute Gasteiger partial charge is 0.375 e. The van der Waals surface area contributed by atoms with Crippen LogP contribution in [0.2, 0.25) is 0 Å². The van der Waals surface area contributed by atoms with E-state index in [1.165, 1.54) is 0 Å². The lowest BCUT2D eigenvalue weighted by atomic mass is 10.3. The lowest BCUT2D eigenvalue weighted by molar-refractivity contribution is 0.0832. The van der Waals surface area contributed by atoms with Crippen LogP contribution in [0.3, 0.4) is 0 Å². The molecule has 0 bridgehead atoms. The van der Waals surface area contributed by atoms with E-state index < -0.39 is 6.23 Å². The minimum Gasteiger partial charge on any atom is -0.375 e. The molecule has 0 rings (SSSR count). The van der Waals surface area contributed by atoms with Gasteiger partial charge in [0.2, 0.25) is 0 Å². The van der Waals surface area contributed by atoms with Gasteiger partial charge in [-0.05, 0) is 33.3 Å². The molecule has 0 heterocycles. The van der Waals surface area contributed by atoms with Crippen LogP contribution in [0, 0.1) is 5.41 Å². The van der Waals surface area contributed by atoms with E-state index in [4.69, 9.17) is 5.41 Å². The lowest BCUT2D eigenvalue weighted by Crippen LogP contribution is -2.38. The molecule has 5 heteroatoms. The fourth-order valence-electron chi connectivity index (χ4n) is 0.708. The Hall–Kier alpha value is -0.910. The van der Waals surface area contributed by atoms with Gasteiger partial charge in [0, 0.05) is 0 Å². The number of aliphatic hydroxyl groups excluding tert-OH is 1. The third kappa shape index (κ3) is 5.35. The molecule has 0 spiro atoms. The number of nitrogens with one attached hydrogen (secondary N) is 3. The van der Waals surface area contributed by atoms with Gasteiger partial charge in [0.05, 0.1) is 12.5 Å². The van der Waals surface area contributed by atoms with Crippen LogP contribution >= 0.6 is 0 Å². The molecule has 2 unspecified atom stereocenters. The molecule has 0 aromatic heterocycles. The molecule has 0 radical (unpaired) electrons. The van der Waals surface area contributed by atoms with Crippen molar-refractivity contribution in [3.05, 3.63) is 12.2 Å². The van der Waals surface area contributed by atoms with Gasteiger partial charge in [0.1, 0.15) is 6.23 Å². The maximum Gasteiger partial charge on any atom is 0.126 e. The number of nitrogens with zero attached hydrogens (tertiary/aromatic N) is 1. The van der Waals surface area contributed by atoms with Crippen LogP contribution in [0.15, 0.2) is 12.2 Å². The minimum atomic E-state index is -0.594. The molecule has 0 aromatic rings. The summed E-state index contributed by atoms with van der Waals surface area (Å²) in [7, 11) is 5.34. The second-order valence-electron chi connectivity index (χ2n) is 2.84. The molecule has 2 atom stereocenters. The van der Waals surface area contributed by atoms with E-state index in [0.29, 0.717) is 0 Å². The Morgan fingerprint density at radius 1 is 1.38 bits per heavy atom. The first-order valence-corrected chi connectivity index (χ1v) is 4.07. The quantitative estimate of drug-likeness (QED) is 0.189. The van der Waals surface area contributed by atoms with Crippen molar-refractivity contribution in [3.8, 4) is 0 Å². The van der Waals surface area contributed by atoms with Gasteiger partial charge in [-0.15, -0.1) is 0 Å². The molecular formula is C8H18N4O. The number of rotatable bonds is 6. The highest BCUT2D eigenvalue weighted by Gasteiger charge is 2.02. The fraction of sp³-hybridized carbons (Fsp3) is 0.625. The number of likely N-dealkylation sites (N-methyl/N-ethyl adjacent to an activating group) is 2. The normalized spacial score (nSPS) is 16.1. The molecule has 0 fully saturated rings. The van der Waals surface area contributed by atoms with Crippen LogP contribution in [0.4, 0.5) is 0 Å². The Balaban J connectivity index is 3.97. The van der Waals surface area contributed by atoms with Crippen molar-refractivity contribution in [3.63, 3.8) is 0 Å². The Labute approximate surface area is 78.9 Å². The van der Waals surface area contributed by atoms with Crippen molar-refractivity contribution in [1.29, 1.82) is 5.41 Å². The van der Waals surface area contributed by atoms with E-state index >= 15 is 0 Å². The van der Waals surface area contributed by atoms with Gasteiger partial charge in [-0.1, -0.05) is 0 Å². The van der Waals surface area contributed by atoms with E-state index in [1.54, 1.807) is 38.2 Å². The molecule has 4 N–H and O–H groups in total. The van der Waals surface area contributed by atoms with Crippen LogP contribution in [-0.2, 0) is 0 Å². The van der Waals surface area contributed by atoms with E-state index in [-0.39, 0.29) is 6.17 Å². The Bertz CT molecular complexity index is 170. The highest BCUT2D eigenvalue weighted by Crippen LogP contribution is 1.90. The highest BCUT2D eigenvalue weighted by molar-refractivity contribution is 5.50. The van der Waals surface area contributed by atoms with Gasteiger partial charge in [-0.2, -0.15) is 0 Å². The summed E-state index contributed by atoms with van der Waals surface area (Å²) in [5.74, 6) is 0. The zero-order chi connectivity index (χ0) is 10.3. The number of hydrogen-bond donors (Lipinski definition) is 4. The van der Waals surface area contributed by atoms with Gasteiger partial charge in [0.25, 0.3) is 0 Å². The zero-order valence-corrected chi connectivity index (χ0v) is 8.28. The van der Waals surface area contributed by atoms with Gasteiger partial charge >= 0.3 is 0 Å². The van der Waals surface area contributed by atoms with Crippen molar-refractivity contribution in [1.82, 2.24) is 15.5 Å². The lowest BCUT2D eigenvalue weighted by Gasteiger charge is -2.16. The average Bonchev–Trinajstić information content (AvgIpc) is 2.11. The van der Waals surface area contributed by atoms with Crippen LogP contribution in [0.1, 0.15) is 0 Å². The molecule has 76 valence electrons. The monoisotopic (exact) mass is 186 g/mol.